The zero-order valence-corrected chi connectivity index (χ0v) is 16.3. The predicted molar refractivity (Wildman–Crippen MR) is 108 cm³/mol. The standard InChI is InChI=1S/C23H36N2/c1-3-4-5-6-7-8-9-10-11-12-15-22-16-13-14-17-23(22)20-25-19-18-24-21(25)2/h13-14,16-19H,3-12,15,20H2,1-2H3. The molecular weight excluding hydrogens is 304 g/mol. The Labute approximate surface area is 154 Å². The molecule has 0 saturated heterocycles. The number of unbranched alkanes of at least 4 members (excludes halogenated alkanes) is 9. The van der Waals surface area contributed by atoms with Crippen molar-refractivity contribution >= 4 is 0 Å². The van der Waals surface area contributed by atoms with E-state index in [0.29, 0.717) is 0 Å². The maximum atomic E-state index is 4.33. The van der Waals surface area contributed by atoms with Crippen LogP contribution < -0.4 is 0 Å². The van der Waals surface area contributed by atoms with Crippen LogP contribution in [0.1, 0.15) is 88.1 Å². The number of hydrogen-bond donors (Lipinski definition) is 0. The Morgan fingerprint density at radius 1 is 0.800 bits per heavy atom. The Hall–Kier alpha value is -1.57. The summed E-state index contributed by atoms with van der Waals surface area (Å²) in [6, 6.07) is 8.90. The first kappa shape index (κ1) is 19.8. The lowest BCUT2D eigenvalue weighted by atomic mass is 10.00. The second-order valence-electron chi connectivity index (χ2n) is 7.30. The molecule has 0 aliphatic carbocycles. The molecule has 1 aromatic carbocycles. The van der Waals surface area contributed by atoms with Crippen LogP contribution in [0.5, 0.6) is 0 Å². The molecule has 0 aliphatic rings. The van der Waals surface area contributed by atoms with Crippen molar-refractivity contribution in [1.82, 2.24) is 9.55 Å². The van der Waals surface area contributed by atoms with Crippen molar-refractivity contribution in [2.24, 2.45) is 0 Å². The van der Waals surface area contributed by atoms with Gasteiger partial charge in [-0.2, -0.15) is 0 Å². The van der Waals surface area contributed by atoms with Gasteiger partial charge in [0, 0.05) is 18.9 Å². The molecule has 0 aliphatic heterocycles. The number of aryl methyl sites for hydroxylation is 2. The van der Waals surface area contributed by atoms with Gasteiger partial charge in [0.25, 0.3) is 0 Å². The summed E-state index contributed by atoms with van der Waals surface area (Å²) in [6.07, 6.45) is 19.2. The zero-order valence-electron chi connectivity index (χ0n) is 16.3. The van der Waals surface area contributed by atoms with Crippen molar-refractivity contribution in [3.05, 3.63) is 53.6 Å². The number of nitrogens with zero attached hydrogens (tertiary/aromatic N) is 2. The highest BCUT2D eigenvalue weighted by Crippen LogP contribution is 2.16. The molecule has 138 valence electrons. The smallest absolute Gasteiger partial charge is 0.105 e. The minimum atomic E-state index is 0.944. The van der Waals surface area contributed by atoms with Gasteiger partial charge in [-0.05, 0) is 30.9 Å². The van der Waals surface area contributed by atoms with E-state index in [1.165, 1.54) is 81.8 Å². The van der Waals surface area contributed by atoms with E-state index < -0.39 is 0 Å². The monoisotopic (exact) mass is 340 g/mol. The number of aromatic nitrogens is 2. The molecule has 0 bridgehead atoms. The van der Waals surface area contributed by atoms with Crippen molar-refractivity contribution in [1.29, 1.82) is 0 Å². The van der Waals surface area contributed by atoms with Crippen LogP contribution in [0.2, 0.25) is 0 Å². The van der Waals surface area contributed by atoms with Gasteiger partial charge in [0.05, 0.1) is 0 Å². The molecule has 0 N–H and O–H groups in total. The number of benzene rings is 1. The molecule has 0 amide bonds. The van der Waals surface area contributed by atoms with Crippen molar-refractivity contribution in [3.8, 4) is 0 Å². The zero-order chi connectivity index (χ0) is 17.7. The van der Waals surface area contributed by atoms with Gasteiger partial charge in [-0.3, -0.25) is 0 Å². The molecule has 0 fully saturated rings. The van der Waals surface area contributed by atoms with Gasteiger partial charge in [0.2, 0.25) is 0 Å². The summed E-state index contributed by atoms with van der Waals surface area (Å²) in [4.78, 5) is 4.33. The molecule has 0 radical (unpaired) electrons. The van der Waals surface area contributed by atoms with Crippen molar-refractivity contribution in [2.75, 3.05) is 0 Å². The van der Waals surface area contributed by atoms with Gasteiger partial charge in [0.1, 0.15) is 5.82 Å². The van der Waals surface area contributed by atoms with Crippen molar-refractivity contribution in [3.63, 3.8) is 0 Å². The summed E-state index contributed by atoms with van der Waals surface area (Å²) in [7, 11) is 0. The molecule has 1 heterocycles. The highest BCUT2D eigenvalue weighted by Gasteiger charge is 2.04. The highest BCUT2D eigenvalue weighted by molar-refractivity contribution is 5.27. The van der Waals surface area contributed by atoms with Crippen LogP contribution in [0.3, 0.4) is 0 Å². The third kappa shape index (κ3) is 7.46. The summed E-state index contributed by atoms with van der Waals surface area (Å²) in [6.45, 7) is 5.30. The molecule has 1 aromatic heterocycles. The summed E-state index contributed by atoms with van der Waals surface area (Å²) in [5.74, 6) is 1.09. The Balaban J connectivity index is 1.63. The number of imidazole rings is 1. The van der Waals surface area contributed by atoms with Gasteiger partial charge in [-0.1, -0.05) is 89.0 Å². The molecule has 2 aromatic rings. The van der Waals surface area contributed by atoms with Crippen LogP contribution in [0.4, 0.5) is 0 Å². The molecular formula is C23H36N2. The third-order valence-corrected chi connectivity index (χ3v) is 5.18. The fourth-order valence-electron chi connectivity index (χ4n) is 3.51. The lowest BCUT2D eigenvalue weighted by molar-refractivity contribution is 0.556. The third-order valence-electron chi connectivity index (χ3n) is 5.18. The summed E-state index contributed by atoms with van der Waals surface area (Å²) < 4.78 is 2.23. The first-order valence-electron chi connectivity index (χ1n) is 10.4. The van der Waals surface area contributed by atoms with E-state index in [-0.39, 0.29) is 0 Å². The first-order chi connectivity index (χ1) is 12.3. The van der Waals surface area contributed by atoms with E-state index in [4.69, 9.17) is 0 Å². The van der Waals surface area contributed by atoms with Gasteiger partial charge >= 0.3 is 0 Å². The van der Waals surface area contributed by atoms with Crippen LogP contribution in [-0.4, -0.2) is 9.55 Å². The summed E-state index contributed by atoms with van der Waals surface area (Å²) >= 11 is 0. The Kier molecular flexibility index (Phi) is 9.40. The SMILES string of the molecule is CCCCCCCCCCCCc1ccccc1Cn1ccnc1C. The fraction of sp³-hybridized carbons (Fsp3) is 0.609. The van der Waals surface area contributed by atoms with Crippen LogP contribution >= 0.6 is 0 Å². The molecule has 2 heteroatoms. The van der Waals surface area contributed by atoms with Gasteiger partial charge < -0.3 is 4.57 Å². The molecule has 0 saturated carbocycles. The topological polar surface area (TPSA) is 17.8 Å². The highest BCUT2D eigenvalue weighted by atomic mass is 15.0. The largest absolute Gasteiger partial charge is 0.331 e. The average molecular weight is 341 g/mol. The van der Waals surface area contributed by atoms with Crippen molar-refractivity contribution < 1.29 is 0 Å². The Morgan fingerprint density at radius 2 is 1.40 bits per heavy atom. The second-order valence-corrected chi connectivity index (χ2v) is 7.30. The van der Waals surface area contributed by atoms with E-state index in [1.54, 1.807) is 0 Å². The Morgan fingerprint density at radius 3 is 2.00 bits per heavy atom. The molecule has 25 heavy (non-hydrogen) atoms. The maximum Gasteiger partial charge on any atom is 0.105 e. The van der Waals surface area contributed by atoms with E-state index in [1.807, 2.05) is 6.20 Å². The lowest BCUT2D eigenvalue weighted by Gasteiger charge is -2.11. The fourth-order valence-corrected chi connectivity index (χ4v) is 3.51. The van der Waals surface area contributed by atoms with Crippen LogP contribution in [0, 0.1) is 6.92 Å². The van der Waals surface area contributed by atoms with Gasteiger partial charge in [-0.15, -0.1) is 0 Å². The van der Waals surface area contributed by atoms with E-state index in [9.17, 15) is 0 Å². The number of hydrogen-bond acceptors (Lipinski definition) is 1. The maximum absolute atomic E-state index is 4.33. The van der Waals surface area contributed by atoms with Gasteiger partial charge in [0.15, 0.2) is 0 Å². The van der Waals surface area contributed by atoms with Gasteiger partial charge in [-0.25, -0.2) is 4.98 Å². The lowest BCUT2D eigenvalue weighted by Crippen LogP contribution is -2.04. The second kappa shape index (κ2) is 11.9. The minimum Gasteiger partial charge on any atom is -0.331 e. The normalized spacial score (nSPS) is 11.1. The molecule has 0 unspecified atom stereocenters. The summed E-state index contributed by atoms with van der Waals surface area (Å²) in [5.41, 5.74) is 2.95. The van der Waals surface area contributed by atoms with E-state index >= 15 is 0 Å². The molecule has 0 spiro atoms. The minimum absolute atomic E-state index is 0.944. The molecule has 0 atom stereocenters. The summed E-state index contributed by atoms with van der Waals surface area (Å²) in [5, 5.41) is 0. The van der Waals surface area contributed by atoms with Crippen molar-refractivity contribution in [2.45, 2.75) is 91.0 Å². The number of rotatable bonds is 13. The molecule has 2 nitrogen and oxygen atoms in total. The van der Waals surface area contributed by atoms with E-state index in [2.05, 4.69) is 53.9 Å². The first-order valence-corrected chi connectivity index (χ1v) is 10.4. The Bertz CT molecular complexity index is 585. The van der Waals surface area contributed by atoms with E-state index in [0.717, 1.165) is 12.4 Å². The quantitative estimate of drug-likeness (QED) is 0.371. The van der Waals surface area contributed by atoms with Crippen LogP contribution in [0.25, 0.3) is 0 Å². The predicted octanol–water partition coefficient (Wildman–Crippen LogP) is 6.70. The van der Waals surface area contributed by atoms with Crippen LogP contribution in [-0.2, 0) is 13.0 Å². The molecule has 2 rings (SSSR count). The van der Waals surface area contributed by atoms with Crippen LogP contribution in [0.15, 0.2) is 36.7 Å². The average Bonchev–Trinajstić information content (AvgIpc) is 3.03.